The van der Waals surface area contributed by atoms with Crippen molar-refractivity contribution in [3.05, 3.63) is 51.9 Å². The van der Waals surface area contributed by atoms with Gasteiger partial charge in [0.15, 0.2) is 5.82 Å². The maximum absolute atomic E-state index is 13.3. The maximum Gasteiger partial charge on any atom is 0.350 e. The lowest BCUT2D eigenvalue weighted by atomic mass is 9.92. The highest BCUT2D eigenvalue weighted by Crippen LogP contribution is 2.26. The molecule has 3 aromatic rings. The van der Waals surface area contributed by atoms with Gasteiger partial charge >= 0.3 is 5.69 Å². The number of carbonyl (C=O) groups excluding carboxylic acids is 1. The van der Waals surface area contributed by atoms with E-state index in [0.29, 0.717) is 29.0 Å². The Balaban J connectivity index is 1.59. The number of carbonyl (C=O) groups is 1. The first kappa shape index (κ1) is 20.3. The zero-order valence-electron chi connectivity index (χ0n) is 16.7. The number of aromatic nitrogens is 4. The second kappa shape index (κ2) is 8.06. The highest BCUT2D eigenvalue weighted by Gasteiger charge is 2.26. The Bertz CT molecular complexity index is 1150. The molecule has 158 valence electrons. The van der Waals surface area contributed by atoms with Crippen molar-refractivity contribution >= 4 is 34.7 Å². The lowest BCUT2D eigenvalue weighted by Crippen LogP contribution is -2.39. The highest BCUT2D eigenvalue weighted by atomic mass is 35.5. The van der Waals surface area contributed by atoms with Crippen LogP contribution in [0, 0.1) is 17.7 Å². The van der Waals surface area contributed by atoms with Crippen LogP contribution in [0.25, 0.3) is 5.65 Å². The van der Waals surface area contributed by atoms with Gasteiger partial charge in [-0.1, -0.05) is 25.4 Å². The molecule has 3 heterocycles. The molecule has 0 unspecified atom stereocenters. The number of hydrogen-bond donors (Lipinski definition) is 1. The van der Waals surface area contributed by atoms with Crippen LogP contribution in [0.4, 0.5) is 15.9 Å². The van der Waals surface area contributed by atoms with Gasteiger partial charge in [-0.3, -0.25) is 4.79 Å². The Morgan fingerprint density at radius 2 is 2.03 bits per heavy atom. The molecule has 1 aliphatic rings. The average molecular weight is 433 g/mol. The molecule has 0 bridgehead atoms. The molecule has 30 heavy (non-hydrogen) atoms. The van der Waals surface area contributed by atoms with Crippen LogP contribution < -0.4 is 15.9 Å². The number of amides is 1. The minimum atomic E-state index is -0.576. The van der Waals surface area contributed by atoms with Crippen molar-refractivity contribution in [3.63, 3.8) is 0 Å². The molecule has 1 aliphatic heterocycles. The largest absolute Gasteiger partial charge is 0.353 e. The van der Waals surface area contributed by atoms with Crippen molar-refractivity contribution in [2.24, 2.45) is 11.8 Å². The summed E-state index contributed by atoms with van der Waals surface area (Å²) in [5.41, 5.74) is 0.322. The molecule has 0 aliphatic carbocycles. The Kier molecular flexibility index (Phi) is 5.46. The molecule has 1 amide bonds. The monoisotopic (exact) mass is 432 g/mol. The maximum atomic E-state index is 13.3. The van der Waals surface area contributed by atoms with Crippen LogP contribution in [0.15, 0.2) is 35.4 Å². The van der Waals surface area contributed by atoms with Gasteiger partial charge < -0.3 is 10.2 Å². The topological polar surface area (TPSA) is 84.5 Å². The molecule has 2 aromatic heterocycles. The quantitative estimate of drug-likeness (QED) is 0.685. The predicted octanol–water partition coefficient (Wildman–Crippen LogP) is 2.80. The third-order valence-corrected chi connectivity index (χ3v) is 5.44. The lowest BCUT2D eigenvalue weighted by molar-refractivity contribution is -0.117. The number of anilines is 2. The highest BCUT2D eigenvalue weighted by molar-refractivity contribution is 6.31. The molecule has 4 rings (SSSR count). The SMILES string of the molecule is C[C@H]1C[C@H](C)CN(c2nccn3c(=O)n(CC(=O)Nc4ccc(F)c(Cl)c4)nc23)C1. The molecule has 0 spiro atoms. The Morgan fingerprint density at radius 1 is 1.30 bits per heavy atom. The van der Waals surface area contributed by atoms with Crippen molar-refractivity contribution in [2.45, 2.75) is 26.8 Å². The fraction of sp³-hybridized carbons (Fsp3) is 0.400. The predicted molar refractivity (Wildman–Crippen MR) is 112 cm³/mol. The normalized spacial score (nSPS) is 19.3. The Morgan fingerprint density at radius 3 is 2.73 bits per heavy atom. The summed E-state index contributed by atoms with van der Waals surface area (Å²) in [6.07, 6.45) is 4.26. The number of nitrogens with zero attached hydrogens (tertiary/aromatic N) is 5. The molecule has 1 N–H and O–H groups in total. The molecule has 1 saturated heterocycles. The van der Waals surface area contributed by atoms with Gasteiger partial charge in [0.25, 0.3) is 0 Å². The third-order valence-electron chi connectivity index (χ3n) is 5.15. The summed E-state index contributed by atoms with van der Waals surface area (Å²) < 4.78 is 15.8. The zero-order chi connectivity index (χ0) is 21.4. The van der Waals surface area contributed by atoms with Gasteiger partial charge in [-0.2, -0.15) is 0 Å². The number of rotatable bonds is 4. The van der Waals surface area contributed by atoms with Crippen LogP contribution in [0.3, 0.4) is 0 Å². The van der Waals surface area contributed by atoms with Crippen LogP contribution in [0.2, 0.25) is 5.02 Å². The zero-order valence-corrected chi connectivity index (χ0v) is 17.4. The molecule has 1 fully saturated rings. The number of benzene rings is 1. The van der Waals surface area contributed by atoms with Crippen molar-refractivity contribution in [1.29, 1.82) is 0 Å². The Labute approximate surface area is 177 Å². The summed E-state index contributed by atoms with van der Waals surface area (Å²) in [6.45, 7) is 5.77. The minimum Gasteiger partial charge on any atom is -0.353 e. The molecular weight excluding hydrogens is 411 g/mol. The molecular formula is C20H22ClFN6O2. The van der Waals surface area contributed by atoms with E-state index in [1.807, 2.05) is 0 Å². The first-order chi connectivity index (χ1) is 14.3. The molecule has 0 radical (unpaired) electrons. The molecule has 2 atom stereocenters. The van der Waals surface area contributed by atoms with E-state index >= 15 is 0 Å². The van der Waals surface area contributed by atoms with Crippen LogP contribution in [0.5, 0.6) is 0 Å². The van der Waals surface area contributed by atoms with E-state index in [2.05, 4.69) is 34.1 Å². The average Bonchev–Trinajstić information content (AvgIpc) is 2.99. The van der Waals surface area contributed by atoms with E-state index in [9.17, 15) is 14.0 Å². The Hall–Kier alpha value is -2.94. The number of piperidine rings is 1. The second-order valence-electron chi connectivity index (χ2n) is 7.91. The lowest BCUT2D eigenvalue weighted by Gasteiger charge is -2.35. The van der Waals surface area contributed by atoms with Gasteiger partial charge in [0, 0.05) is 31.2 Å². The molecule has 8 nitrogen and oxygen atoms in total. The first-order valence-corrected chi connectivity index (χ1v) is 10.1. The molecule has 1 aromatic carbocycles. The van der Waals surface area contributed by atoms with E-state index < -0.39 is 17.4 Å². The van der Waals surface area contributed by atoms with Crippen molar-refractivity contribution < 1.29 is 9.18 Å². The molecule has 0 saturated carbocycles. The summed E-state index contributed by atoms with van der Waals surface area (Å²) in [4.78, 5) is 31.7. The van der Waals surface area contributed by atoms with E-state index in [0.717, 1.165) is 30.3 Å². The van der Waals surface area contributed by atoms with E-state index in [1.165, 1.54) is 16.5 Å². The van der Waals surface area contributed by atoms with Crippen LogP contribution in [0.1, 0.15) is 20.3 Å². The second-order valence-corrected chi connectivity index (χ2v) is 8.32. The summed E-state index contributed by atoms with van der Waals surface area (Å²) in [6, 6.07) is 3.86. The number of nitrogens with one attached hydrogen (secondary N) is 1. The van der Waals surface area contributed by atoms with Crippen molar-refractivity contribution in [2.75, 3.05) is 23.3 Å². The summed E-state index contributed by atoms with van der Waals surface area (Å²) in [5, 5.41) is 6.86. The van der Waals surface area contributed by atoms with Crippen LogP contribution >= 0.6 is 11.6 Å². The first-order valence-electron chi connectivity index (χ1n) is 9.76. The molecule has 10 heteroatoms. The van der Waals surface area contributed by atoms with Crippen molar-refractivity contribution in [1.82, 2.24) is 19.2 Å². The van der Waals surface area contributed by atoms with Gasteiger partial charge in [-0.05, 0) is 36.5 Å². The van der Waals surface area contributed by atoms with Gasteiger partial charge in [0.1, 0.15) is 12.4 Å². The minimum absolute atomic E-state index is 0.0987. The number of halogens is 2. The van der Waals surface area contributed by atoms with E-state index in [1.54, 1.807) is 12.4 Å². The van der Waals surface area contributed by atoms with Crippen LogP contribution in [-0.4, -0.2) is 38.2 Å². The fourth-order valence-corrected chi connectivity index (χ4v) is 4.19. The summed E-state index contributed by atoms with van der Waals surface area (Å²) in [7, 11) is 0. The van der Waals surface area contributed by atoms with E-state index in [4.69, 9.17) is 11.6 Å². The number of fused-ring (bicyclic) bond motifs is 1. The van der Waals surface area contributed by atoms with Gasteiger partial charge in [-0.25, -0.2) is 23.3 Å². The third kappa shape index (κ3) is 4.02. The van der Waals surface area contributed by atoms with E-state index in [-0.39, 0.29) is 11.6 Å². The fourth-order valence-electron chi connectivity index (χ4n) is 4.01. The van der Waals surface area contributed by atoms with Crippen LogP contribution in [-0.2, 0) is 11.3 Å². The van der Waals surface area contributed by atoms with Gasteiger partial charge in [0.2, 0.25) is 11.6 Å². The standard InChI is InChI=1S/C20H22ClFN6O2/c1-12-7-13(2)10-26(9-12)18-19-25-28(20(30)27(19)6-5-23-18)11-17(29)24-14-3-4-16(22)15(21)8-14/h3-6,8,12-13H,7,9-11H2,1-2H3,(H,24,29)/t12-,13-/m0/s1. The van der Waals surface area contributed by atoms with Crippen molar-refractivity contribution in [3.8, 4) is 0 Å². The smallest absolute Gasteiger partial charge is 0.350 e. The van der Waals surface area contributed by atoms with Gasteiger partial charge in [0.05, 0.1) is 5.02 Å². The summed E-state index contributed by atoms with van der Waals surface area (Å²) >= 11 is 5.74. The number of hydrogen-bond acceptors (Lipinski definition) is 5. The van der Waals surface area contributed by atoms with Gasteiger partial charge in [-0.15, -0.1) is 5.10 Å². The summed E-state index contributed by atoms with van der Waals surface area (Å²) in [5.74, 6) is 0.610.